The first-order chi connectivity index (χ1) is 18.4. The van der Waals surface area contributed by atoms with Crippen LogP contribution < -0.4 is 10.1 Å². The molecule has 3 aromatic rings. The first kappa shape index (κ1) is 25.4. The molecule has 5 rings (SSSR count). The molecule has 0 amide bonds. The Morgan fingerprint density at radius 1 is 1.05 bits per heavy atom. The zero-order chi connectivity index (χ0) is 26.6. The summed E-state index contributed by atoms with van der Waals surface area (Å²) in [6.45, 7) is 1.99. The number of rotatable bonds is 8. The lowest BCUT2D eigenvalue weighted by Gasteiger charge is -2.36. The van der Waals surface area contributed by atoms with Crippen molar-refractivity contribution < 1.29 is 24.0 Å². The topological polar surface area (TPSA) is 108 Å². The number of dihydropyridines is 1. The lowest BCUT2D eigenvalue weighted by Crippen LogP contribution is -2.36. The number of nitrogens with one attached hydrogen (secondary N) is 1. The molecule has 0 saturated carbocycles. The zero-order valence-corrected chi connectivity index (χ0v) is 21.5. The van der Waals surface area contributed by atoms with Gasteiger partial charge in [0.1, 0.15) is 19.0 Å². The summed E-state index contributed by atoms with van der Waals surface area (Å²) in [4.78, 5) is 38.9. The molecular formula is C29H26N2O6S. The molecule has 0 unspecified atom stereocenters. The summed E-state index contributed by atoms with van der Waals surface area (Å²) in [5, 5.41) is 16.5. The number of Topliss-reactive ketones (excluding diaryl/α,β-unsaturated/α-hetero) is 1. The van der Waals surface area contributed by atoms with Crippen molar-refractivity contribution in [2.75, 3.05) is 13.2 Å². The summed E-state index contributed by atoms with van der Waals surface area (Å²) in [6.07, 6.45) is 0.965. The Hall–Kier alpha value is -4.24. The molecule has 0 radical (unpaired) electrons. The van der Waals surface area contributed by atoms with Crippen LogP contribution in [-0.4, -0.2) is 29.9 Å². The van der Waals surface area contributed by atoms with E-state index in [-0.39, 0.29) is 30.6 Å². The van der Waals surface area contributed by atoms with E-state index in [9.17, 15) is 19.7 Å². The van der Waals surface area contributed by atoms with Crippen molar-refractivity contribution in [3.63, 3.8) is 0 Å². The van der Waals surface area contributed by atoms with Gasteiger partial charge in [0.15, 0.2) is 5.78 Å². The summed E-state index contributed by atoms with van der Waals surface area (Å²) in [5.41, 5.74) is 2.78. The highest BCUT2D eigenvalue weighted by Gasteiger charge is 2.41. The Kier molecular flexibility index (Phi) is 7.37. The van der Waals surface area contributed by atoms with E-state index in [1.54, 1.807) is 30.4 Å². The second-order valence-electron chi connectivity index (χ2n) is 9.18. The third-order valence-corrected chi connectivity index (χ3v) is 7.79. The number of nitrogens with zero attached hydrogens (tertiary/aromatic N) is 1. The van der Waals surface area contributed by atoms with Crippen molar-refractivity contribution in [2.45, 2.75) is 31.6 Å². The number of hydrogen-bond acceptors (Lipinski definition) is 8. The van der Waals surface area contributed by atoms with Gasteiger partial charge in [-0.15, -0.1) is 11.3 Å². The third kappa shape index (κ3) is 5.24. The Morgan fingerprint density at radius 3 is 2.50 bits per heavy atom. The highest BCUT2D eigenvalue weighted by atomic mass is 32.1. The van der Waals surface area contributed by atoms with Crippen molar-refractivity contribution in [2.24, 2.45) is 0 Å². The highest BCUT2D eigenvalue weighted by Crippen LogP contribution is 2.46. The van der Waals surface area contributed by atoms with Crippen LogP contribution in [0.5, 0.6) is 5.75 Å². The number of allylic oxidation sites excluding steroid dienone is 3. The van der Waals surface area contributed by atoms with Crippen LogP contribution in [0.3, 0.4) is 0 Å². The molecule has 1 aliphatic heterocycles. The maximum atomic E-state index is 13.6. The molecule has 2 atom stereocenters. The van der Waals surface area contributed by atoms with Gasteiger partial charge in [0.2, 0.25) is 0 Å². The molecule has 38 heavy (non-hydrogen) atoms. The van der Waals surface area contributed by atoms with Crippen LogP contribution in [0.1, 0.15) is 42.0 Å². The molecule has 1 aliphatic carbocycles. The van der Waals surface area contributed by atoms with Gasteiger partial charge in [-0.05, 0) is 42.5 Å². The average Bonchev–Trinajstić information content (AvgIpc) is 3.46. The standard InChI is InChI=1S/C29H26N2O6S/c1-18-26(29(33)37-14-13-36-22-6-3-2-4-7-22)27(19-9-11-21(12-10-19)31(34)35)28-23(30-18)16-20(17-24(28)32)25-8-5-15-38-25/h2-12,15,20,27,30H,13-14,16-17H2,1H3/t20-,27-/m0/s1. The van der Waals surface area contributed by atoms with Gasteiger partial charge in [-0.25, -0.2) is 4.79 Å². The number of benzene rings is 2. The minimum Gasteiger partial charge on any atom is -0.490 e. The predicted molar refractivity (Wildman–Crippen MR) is 143 cm³/mol. The predicted octanol–water partition coefficient (Wildman–Crippen LogP) is 5.64. The fourth-order valence-electron chi connectivity index (χ4n) is 5.04. The molecular weight excluding hydrogens is 504 g/mol. The van der Waals surface area contributed by atoms with Gasteiger partial charge in [0.25, 0.3) is 5.69 Å². The van der Waals surface area contributed by atoms with Crippen molar-refractivity contribution in [3.05, 3.63) is 115 Å². The van der Waals surface area contributed by atoms with E-state index in [1.165, 1.54) is 12.1 Å². The molecule has 0 spiro atoms. The number of hydrogen-bond donors (Lipinski definition) is 1. The van der Waals surface area contributed by atoms with E-state index in [2.05, 4.69) is 5.32 Å². The summed E-state index contributed by atoms with van der Waals surface area (Å²) < 4.78 is 11.2. The van der Waals surface area contributed by atoms with Crippen LogP contribution in [0.25, 0.3) is 0 Å². The number of ketones is 1. The molecule has 0 bridgehead atoms. The van der Waals surface area contributed by atoms with E-state index in [0.29, 0.717) is 41.0 Å². The van der Waals surface area contributed by atoms with Gasteiger partial charge >= 0.3 is 5.97 Å². The van der Waals surface area contributed by atoms with Gasteiger partial charge in [0, 0.05) is 52.2 Å². The van der Waals surface area contributed by atoms with E-state index in [1.807, 2.05) is 47.8 Å². The molecule has 0 saturated heterocycles. The molecule has 194 valence electrons. The summed E-state index contributed by atoms with van der Waals surface area (Å²) in [7, 11) is 0. The molecule has 2 aliphatic rings. The lowest BCUT2D eigenvalue weighted by molar-refractivity contribution is -0.384. The minimum atomic E-state index is -0.689. The number of thiophene rings is 1. The van der Waals surface area contributed by atoms with Crippen molar-refractivity contribution in [1.82, 2.24) is 5.32 Å². The average molecular weight is 531 g/mol. The number of non-ortho nitro benzene ring substituents is 1. The van der Waals surface area contributed by atoms with Gasteiger partial charge in [-0.1, -0.05) is 36.4 Å². The Morgan fingerprint density at radius 2 is 1.82 bits per heavy atom. The Balaban J connectivity index is 1.43. The lowest BCUT2D eigenvalue weighted by atomic mass is 9.72. The Labute approximate surface area is 223 Å². The highest BCUT2D eigenvalue weighted by molar-refractivity contribution is 7.10. The monoisotopic (exact) mass is 530 g/mol. The van der Waals surface area contributed by atoms with Crippen LogP contribution in [0.4, 0.5) is 5.69 Å². The molecule has 2 heterocycles. The summed E-state index contributed by atoms with van der Waals surface area (Å²) in [6, 6.07) is 19.2. The summed E-state index contributed by atoms with van der Waals surface area (Å²) in [5.74, 6) is -0.570. The van der Waals surface area contributed by atoms with Crippen molar-refractivity contribution in [3.8, 4) is 5.75 Å². The number of nitro groups is 1. The summed E-state index contributed by atoms with van der Waals surface area (Å²) >= 11 is 1.62. The second-order valence-corrected chi connectivity index (χ2v) is 10.2. The number of ether oxygens (including phenoxy) is 2. The first-order valence-corrected chi connectivity index (χ1v) is 13.2. The van der Waals surface area contributed by atoms with Crippen LogP contribution >= 0.6 is 11.3 Å². The van der Waals surface area contributed by atoms with E-state index < -0.39 is 16.8 Å². The molecule has 1 aromatic heterocycles. The maximum Gasteiger partial charge on any atom is 0.336 e. The number of nitro benzene ring substituents is 1. The van der Waals surface area contributed by atoms with E-state index in [0.717, 1.165) is 10.6 Å². The fourth-order valence-corrected chi connectivity index (χ4v) is 5.88. The molecule has 8 nitrogen and oxygen atoms in total. The largest absolute Gasteiger partial charge is 0.490 e. The van der Waals surface area contributed by atoms with Crippen LogP contribution in [0.15, 0.2) is 94.7 Å². The van der Waals surface area contributed by atoms with Crippen LogP contribution in [0.2, 0.25) is 0 Å². The van der Waals surface area contributed by atoms with Crippen molar-refractivity contribution >= 4 is 28.8 Å². The van der Waals surface area contributed by atoms with Gasteiger partial charge in [-0.3, -0.25) is 14.9 Å². The zero-order valence-electron chi connectivity index (χ0n) is 20.7. The van der Waals surface area contributed by atoms with Crippen LogP contribution in [0, 0.1) is 10.1 Å². The minimum absolute atomic E-state index is 0.0256. The first-order valence-electron chi connectivity index (χ1n) is 12.3. The maximum absolute atomic E-state index is 13.6. The quantitative estimate of drug-likeness (QED) is 0.174. The van der Waals surface area contributed by atoms with Gasteiger partial charge in [-0.2, -0.15) is 0 Å². The second kappa shape index (κ2) is 11.0. The third-order valence-electron chi connectivity index (χ3n) is 6.76. The molecule has 1 N–H and O–H groups in total. The fraction of sp³-hybridized carbons (Fsp3) is 0.241. The van der Waals surface area contributed by atoms with Crippen molar-refractivity contribution in [1.29, 1.82) is 0 Å². The smallest absolute Gasteiger partial charge is 0.336 e. The van der Waals surface area contributed by atoms with E-state index >= 15 is 0 Å². The number of carbonyl (C=O) groups excluding carboxylic acids is 2. The number of para-hydroxylation sites is 1. The van der Waals surface area contributed by atoms with E-state index in [4.69, 9.17) is 9.47 Å². The number of carbonyl (C=O) groups is 2. The molecule has 9 heteroatoms. The van der Waals surface area contributed by atoms with Gasteiger partial charge in [0.05, 0.1) is 10.5 Å². The normalized spacial score (nSPS) is 19.0. The Bertz CT molecular complexity index is 1410. The van der Waals surface area contributed by atoms with Crippen LogP contribution in [-0.2, 0) is 14.3 Å². The molecule has 0 fully saturated rings. The SMILES string of the molecule is CC1=C(C(=O)OCCOc2ccccc2)[C@H](c2ccc([N+](=O)[O-])cc2)C2=C(C[C@H](c3cccs3)CC2=O)N1. The molecule has 2 aromatic carbocycles. The van der Waals surface area contributed by atoms with Gasteiger partial charge < -0.3 is 14.8 Å². The number of esters is 1.